The van der Waals surface area contributed by atoms with E-state index >= 15 is 0 Å². The molecular weight excluding hydrogens is 419 g/mol. The van der Waals surface area contributed by atoms with Gasteiger partial charge in [-0.1, -0.05) is 59.6 Å². The van der Waals surface area contributed by atoms with E-state index in [1.54, 1.807) is 27.9 Å². The van der Waals surface area contributed by atoms with Crippen LogP contribution in [0.2, 0.25) is 10.0 Å². The summed E-state index contributed by atoms with van der Waals surface area (Å²) < 4.78 is 1.79. The molecule has 0 radical (unpaired) electrons. The Bertz CT molecular complexity index is 1110. The second kappa shape index (κ2) is 8.25. The number of nitrogens with zero attached hydrogens (tertiary/aromatic N) is 4. The van der Waals surface area contributed by atoms with Crippen molar-refractivity contribution in [3.8, 4) is 0 Å². The zero-order valence-corrected chi connectivity index (χ0v) is 18.5. The van der Waals surface area contributed by atoms with Crippen molar-refractivity contribution < 1.29 is 4.79 Å². The number of hydrogen-bond donors (Lipinski definition) is 0. The normalized spacial score (nSPS) is 19.0. The van der Waals surface area contributed by atoms with Crippen molar-refractivity contribution in [3.63, 3.8) is 0 Å². The van der Waals surface area contributed by atoms with Gasteiger partial charge in [-0.3, -0.25) is 4.79 Å². The van der Waals surface area contributed by atoms with Gasteiger partial charge in [-0.15, -0.1) is 0 Å². The maximum Gasteiger partial charge on any atom is 0.234 e. The van der Waals surface area contributed by atoms with Crippen molar-refractivity contribution in [1.29, 1.82) is 0 Å². The molecule has 0 saturated carbocycles. The van der Waals surface area contributed by atoms with Crippen LogP contribution in [-0.2, 0) is 4.79 Å². The molecule has 2 aromatic carbocycles. The lowest BCUT2D eigenvalue weighted by Crippen LogP contribution is -2.43. The number of carbonyl (C=O) groups is 1. The Morgan fingerprint density at radius 1 is 1.10 bits per heavy atom. The third kappa shape index (κ3) is 3.64. The van der Waals surface area contributed by atoms with Gasteiger partial charge < -0.3 is 4.90 Å². The summed E-state index contributed by atoms with van der Waals surface area (Å²) in [6, 6.07) is 16.8. The molecule has 30 heavy (non-hydrogen) atoms. The Hall–Kier alpha value is -2.63. The summed E-state index contributed by atoms with van der Waals surface area (Å²) in [6.07, 6.45) is 1.69. The number of amides is 1. The number of aromatic nitrogens is 2. The fourth-order valence-corrected chi connectivity index (χ4v) is 4.25. The van der Waals surface area contributed by atoms with E-state index < -0.39 is 5.92 Å². The third-order valence-electron chi connectivity index (χ3n) is 5.73. The van der Waals surface area contributed by atoms with Crippen LogP contribution >= 0.6 is 23.2 Å². The summed E-state index contributed by atoms with van der Waals surface area (Å²) >= 11 is 12.4. The Balaban J connectivity index is 1.75. The van der Waals surface area contributed by atoms with Gasteiger partial charge >= 0.3 is 0 Å². The fraction of sp³-hybridized carbons (Fsp3) is 0.261. The minimum Gasteiger partial charge on any atom is -0.338 e. The molecule has 0 N–H and O–H groups in total. The minimum atomic E-state index is -0.509. The van der Waals surface area contributed by atoms with Crippen molar-refractivity contribution in [3.05, 3.63) is 82.0 Å². The van der Waals surface area contributed by atoms with E-state index in [0.29, 0.717) is 15.9 Å². The Kier molecular flexibility index (Phi) is 5.67. The molecule has 0 bridgehead atoms. The summed E-state index contributed by atoms with van der Waals surface area (Å²) in [5.41, 5.74) is 2.68. The molecule has 1 aromatic heterocycles. The number of hydrogen-bond acceptors (Lipinski definition) is 3. The molecule has 1 aliphatic rings. The van der Waals surface area contributed by atoms with Crippen molar-refractivity contribution in [2.75, 3.05) is 7.05 Å². The largest absolute Gasteiger partial charge is 0.338 e. The van der Waals surface area contributed by atoms with Crippen LogP contribution < -0.4 is 0 Å². The Labute approximate surface area is 185 Å². The zero-order chi connectivity index (χ0) is 21.4. The standard InChI is InChI=1S/C23H22Cl2N4O/c1-14-21(23(30)28(3)15(2)16-7-5-4-6-8-16)22(29-20(27-14)11-12-26-29)17-9-10-18(24)19(25)13-17/h4-13,15,21-22H,1-3H3/t15-,21?,22?/m0/s1. The number of carbonyl (C=O) groups excluding carboxylic acids is 1. The van der Waals surface area contributed by atoms with Gasteiger partial charge in [0.1, 0.15) is 5.92 Å². The van der Waals surface area contributed by atoms with Crippen molar-refractivity contribution in [2.45, 2.75) is 25.9 Å². The monoisotopic (exact) mass is 440 g/mol. The molecule has 3 atom stereocenters. The molecule has 4 rings (SSSR count). The highest BCUT2D eigenvalue weighted by molar-refractivity contribution is 6.42. The number of benzene rings is 2. The van der Waals surface area contributed by atoms with Gasteiger partial charge in [0.05, 0.1) is 28.3 Å². The maximum atomic E-state index is 13.7. The SMILES string of the molecule is CC1=Nc2ccnn2C(c2ccc(Cl)c(Cl)c2)C1C(=O)N(C)[C@@H](C)c1ccccc1. The highest BCUT2D eigenvalue weighted by Gasteiger charge is 2.40. The van der Waals surface area contributed by atoms with E-state index in [-0.39, 0.29) is 18.0 Å². The second-order valence-corrected chi connectivity index (χ2v) is 8.33. The highest BCUT2D eigenvalue weighted by atomic mass is 35.5. The van der Waals surface area contributed by atoms with E-state index in [2.05, 4.69) is 10.1 Å². The summed E-state index contributed by atoms with van der Waals surface area (Å²) in [7, 11) is 1.83. The van der Waals surface area contributed by atoms with Gasteiger partial charge in [-0.25, -0.2) is 9.67 Å². The lowest BCUT2D eigenvalue weighted by molar-refractivity contribution is -0.135. The molecule has 1 amide bonds. The third-order valence-corrected chi connectivity index (χ3v) is 6.47. The lowest BCUT2D eigenvalue weighted by Gasteiger charge is -2.36. The predicted octanol–water partition coefficient (Wildman–Crippen LogP) is 5.72. The summed E-state index contributed by atoms with van der Waals surface area (Å²) in [5, 5.41) is 5.38. The Morgan fingerprint density at radius 2 is 1.83 bits per heavy atom. The van der Waals surface area contributed by atoms with Crippen LogP contribution in [0.1, 0.15) is 37.1 Å². The molecule has 5 nitrogen and oxygen atoms in total. The lowest BCUT2D eigenvalue weighted by atomic mass is 9.86. The fourth-order valence-electron chi connectivity index (χ4n) is 3.94. The van der Waals surface area contributed by atoms with Crippen LogP contribution in [0.3, 0.4) is 0 Å². The first-order valence-corrected chi connectivity index (χ1v) is 10.5. The van der Waals surface area contributed by atoms with Crippen molar-refractivity contribution in [1.82, 2.24) is 14.7 Å². The molecule has 2 unspecified atom stereocenters. The molecule has 0 fully saturated rings. The topological polar surface area (TPSA) is 50.5 Å². The van der Waals surface area contributed by atoms with Crippen LogP contribution in [-0.4, -0.2) is 33.3 Å². The van der Waals surface area contributed by atoms with Crippen molar-refractivity contribution in [2.24, 2.45) is 10.9 Å². The van der Waals surface area contributed by atoms with Gasteiger partial charge in [0.2, 0.25) is 5.91 Å². The molecule has 3 aromatic rings. The second-order valence-electron chi connectivity index (χ2n) is 7.52. The van der Waals surface area contributed by atoms with E-state index in [0.717, 1.165) is 16.8 Å². The first-order valence-electron chi connectivity index (χ1n) is 9.73. The number of aliphatic imine (C=N–C) groups is 1. The van der Waals surface area contributed by atoms with Crippen LogP contribution in [0.5, 0.6) is 0 Å². The average molecular weight is 441 g/mol. The van der Waals surface area contributed by atoms with Gasteiger partial charge in [0.15, 0.2) is 5.82 Å². The summed E-state index contributed by atoms with van der Waals surface area (Å²) in [5.74, 6) is 0.182. The minimum absolute atomic E-state index is 0.0233. The number of halogens is 2. The highest BCUT2D eigenvalue weighted by Crippen LogP contribution is 2.39. The maximum absolute atomic E-state index is 13.7. The first-order chi connectivity index (χ1) is 14.4. The molecule has 0 spiro atoms. The molecule has 0 aliphatic carbocycles. The predicted molar refractivity (Wildman–Crippen MR) is 121 cm³/mol. The van der Waals surface area contributed by atoms with Crippen LogP contribution in [0.25, 0.3) is 0 Å². The molecule has 2 heterocycles. The smallest absolute Gasteiger partial charge is 0.234 e. The molecule has 1 aliphatic heterocycles. The van der Waals surface area contributed by atoms with Crippen LogP contribution in [0.4, 0.5) is 5.82 Å². The van der Waals surface area contributed by atoms with Crippen LogP contribution in [0, 0.1) is 5.92 Å². The number of fused-ring (bicyclic) bond motifs is 1. The molecular formula is C23H22Cl2N4O. The molecule has 7 heteroatoms. The van der Waals surface area contributed by atoms with Gasteiger partial charge in [-0.2, -0.15) is 5.10 Å². The van der Waals surface area contributed by atoms with E-state index in [1.807, 2.05) is 63.4 Å². The number of rotatable bonds is 4. The average Bonchev–Trinajstić information content (AvgIpc) is 3.21. The Morgan fingerprint density at radius 3 is 2.53 bits per heavy atom. The van der Waals surface area contributed by atoms with Gasteiger partial charge in [0, 0.05) is 18.8 Å². The summed E-state index contributed by atoms with van der Waals surface area (Å²) in [4.78, 5) is 20.2. The zero-order valence-electron chi connectivity index (χ0n) is 17.0. The summed E-state index contributed by atoms with van der Waals surface area (Å²) in [6.45, 7) is 3.92. The molecule has 0 saturated heterocycles. The molecule has 154 valence electrons. The van der Waals surface area contributed by atoms with E-state index in [4.69, 9.17) is 23.2 Å². The van der Waals surface area contributed by atoms with E-state index in [9.17, 15) is 4.79 Å². The van der Waals surface area contributed by atoms with Gasteiger partial charge in [0.25, 0.3) is 0 Å². The van der Waals surface area contributed by atoms with E-state index in [1.165, 1.54) is 0 Å². The van der Waals surface area contributed by atoms with Crippen LogP contribution in [0.15, 0.2) is 65.8 Å². The van der Waals surface area contributed by atoms with Gasteiger partial charge in [-0.05, 0) is 37.1 Å². The van der Waals surface area contributed by atoms with Crippen molar-refractivity contribution >= 4 is 40.6 Å². The first kappa shape index (κ1) is 20.6. The quantitative estimate of drug-likeness (QED) is 0.520.